The van der Waals surface area contributed by atoms with Gasteiger partial charge in [0.25, 0.3) is 5.91 Å². The van der Waals surface area contributed by atoms with E-state index in [1.54, 1.807) is 17.4 Å². The number of aliphatic hydroxyl groups excluding tert-OH is 1. The SMILES string of the molecule is COC(=O)N[C@H](C(=O)NN(Cc1ccccc1)C[C@H](O)[C@H](Cc1ccc(-c2cncnc2)cc1)NC(=O)O[C@H]1CO[C@H]2OCC[C@H]21)C(C)(C)C. The molecule has 2 aliphatic rings. The summed E-state index contributed by atoms with van der Waals surface area (Å²) in [7, 11) is 1.23. The molecule has 0 radical (unpaired) electrons. The largest absolute Gasteiger partial charge is 0.453 e. The zero-order valence-corrected chi connectivity index (χ0v) is 28.8. The van der Waals surface area contributed by atoms with Crippen molar-refractivity contribution in [3.63, 3.8) is 0 Å². The molecule has 2 aliphatic heterocycles. The lowest BCUT2D eigenvalue weighted by molar-refractivity contribution is -0.131. The summed E-state index contributed by atoms with van der Waals surface area (Å²) in [5.74, 6) is -0.547. The summed E-state index contributed by atoms with van der Waals surface area (Å²) >= 11 is 0. The lowest BCUT2D eigenvalue weighted by Gasteiger charge is -2.34. The van der Waals surface area contributed by atoms with Gasteiger partial charge in [0.1, 0.15) is 18.5 Å². The molecule has 14 heteroatoms. The lowest BCUT2D eigenvalue weighted by Crippen LogP contribution is -2.59. The Morgan fingerprint density at radius 1 is 0.960 bits per heavy atom. The summed E-state index contributed by atoms with van der Waals surface area (Å²) in [6.07, 6.45) is 2.41. The fourth-order valence-electron chi connectivity index (χ4n) is 6.07. The van der Waals surface area contributed by atoms with E-state index in [-0.39, 0.29) is 38.3 Å². The third-order valence-corrected chi connectivity index (χ3v) is 8.78. The highest BCUT2D eigenvalue weighted by atomic mass is 16.7. The summed E-state index contributed by atoms with van der Waals surface area (Å²) < 4.78 is 21.8. The van der Waals surface area contributed by atoms with Gasteiger partial charge in [0, 0.05) is 31.0 Å². The smallest absolute Gasteiger partial charge is 0.407 e. The normalized spacial score (nSPS) is 20.3. The zero-order chi connectivity index (χ0) is 35.7. The Kier molecular flexibility index (Phi) is 12.4. The van der Waals surface area contributed by atoms with Gasteiger partial charge in [-0.05, 0) is 34.9 Å². The number of ether oxygens (including phenoxy) is 4. The van der Waals surface area contributed by atoms with Gasteiger partial charge in [-0.3, -0.25) is 10.2 Å². The molecule has 0 saturated carbocycles. The van der Waals surface area contributed by atoms with Crippen LogP contribution in [0.25, 0.3) is 11.1 Å². The van der Waals surface area contributed by atoms with Crippen molar-refractivity contribution in [2.24, 2.45) is 11.3 Å². The Morgan fingerprint density at radius 2 is 1.68 bits per heavy atom. The van der Waals surface area contributed by atoms with Crippen molar-refractivity contribution in [2.75, 3.05) is 26.9 Å². The van der Waals surface area contributed by atoms with E-state index in [4.69, 9.17) is 18.9 Å². The minimum absolute atomic E-state index is 0.0513. The molecule has 5 rings (SSSR count). The molecule has 4 N–H and O–H groups in total. The van der Waals surface area contributed by atoms with Gasteiger partial charge < -0.3 is 34.7 Å². The minimum Gasteiger partial charge on any atom is -0.453 e. The molecule has 14 nitrogen and oxygen atoms in total. The first-order valence-electron chi connectivity index (χ1n) is 16.7. The molecule has 2 aromatic carbocycles. The van der Waals surface area contributed by atoms with Gasteiger partial charge in [0.05, 0.1) is 38.4 Å². The summed E-state index contributed by atoms with van der Waals surface area (Å²) in [5.41, 5.74) is 5.70. The fraction of sp³-hybridized carbons (Fsp3) is 0.472. The number of carbonyl (C=O) groups excluding carboxylic acids is 3. The average molecular weight is 691 g/mol. The quantitative estimate of drug-likeness (QED) is 0.194. The Hall–Kier alpha value is -4.63. The molecule has 2 fully saturated rings. The number of hydrazine groups is 1. The number of carbonyl (C=O) groups is 3. The van der Waals surface area contributed by atoms with Crippen LogP contribution in [0.1, 0.15) is 38.3 Å². The molecular formula is C36H46N6O8. The lowest BCUT2D eigenvalue weighted by atomic mass is 9.86. The van der Waals surface area contributed by atoms with E-state index in [1.807, 2.05) is 75.4 Å². The van der Waals surface area contributed by atoms with Gasteiger partial charge in [-0.1, -0.05) is 75.4 Å². The number of alkyl carbamates (subject to hydrolysis) is 2. The van der Waals surface area contributed by atoms with Gasteiger partial charge in [-0.25, -0.2) is 24.6 Å². The number of hydrogen-bond acceptors (Lipinski definition) is 11. The van der Waals surface area contributed by atoms with Gasteiger partial charge in [0.2, 0.25) is 0 Å². The highest BCUT2D eigenvalue weighted by Gasteiger charge is 2.44. The molecule has 3 amide bonds. The predicted octanol–water partition coefficient (Wildman–Crippen LogP) is 3.21. The standard InChI is InChI=1S/C36H46N6O8/c1-36(2,3)31(40-34(45)47-4)32(44)41-42(19-24-8-6-5-7-9-24)20-29(43)28(39-35(46)50-30-21-49-33-27(30)14-15-48-33)16-23-10-12-25(13-11-23)26-17-37-22-38-18-26/h5-13,17-18,22,27-31,33,43H,14-16,19-21H2,1-4H3,(H,39,46)(H,40,45)(H,41,44)/t27-,28-,29-,30-,31+,33+/m0/s1. The topological polar surface area (TPSA) is 173 Å². The summed E-state index contributed by atoms with van der Waals surface area (Å²) in [4.78, 5) is 47.3. The van der Waals surface area contributed by atoms with Crippen LogP contribution >= 0.6 is 0 Å². The molecule has 0 spiro atoms. The highest BCUT2D eigenvalue weighted by molar-refractivity contribution is 5.86. The van der Waals surface area contributed by atoms with E-state index in [9.17, 15) is 19.5 Å². The summed E-state index contributed by atoms with van der Waals surface area (Å²) in [6.45, 7) is 6.38. The zero-order valence-electron chi connectivity index (χ0n) is 28.8. The monoisotopic (exact) mass is 690 g/mol. The van der Waals surface area contributed by atoms with Crippen LogP contribution in [0.3, 0.4) is 0 Å². The fourth-order valence-corrected chi connectivity index (χ4v) is 6.07. The molecule has 3 aromatic rings. The second kappa shape index (κ2) is 16.9. The van der Waals surface area contributed by atoms with Crippen molar-refractivity contribution in [3.8, 4) is 11.1 Å². The first-order chi connectivity index (χ1) is 24.0. The van der Waals surface area contributed by atoms with Crippen LogP contribution in [-0.4, -0.2) is 95.6 Å². The molecule has 0 unspecified atom stereocenters. The Balaban J connectivity index is 1.35. The number of aliphatic hydroxyl groups is 1. The third-order valence-electron chi connectivity index (χ3n) is 8.78. The maximum absolute atomic E-state index is 13.7. The van der Waals surface area contributed by atoms with Crippen LogP contribution in [0.5, 0.6) is 0 Å². The number of aromatic nitrogens is 2. The van der Waals surface area contributed by atoms with Crippen molar-refractivity contribution in [2.45, 2.75) is 70.7 Å². The molecule has 0 bridgehead atoms. The van der Waals surface area contributed by atoms with E-state index in [2.05, 4.69) is 26.0 Å². The molecule has 6 atom stereocenters. The van der Waals surface area contributed by atoms with Gasteiger partial charge in [-0.2, -0.15) is 0 Å². The molecular weight excluding hydrogens is 644 g/mol. The maximum Gasteiger partial charge on any atom is 0.407 e. The van der Waals surface area contributed by atoms with Crippen molar-refractivity contribution < 1.29 is 38.4 Å². The van der Waals surface area contributed by atoms with Crippen LogP contribution in [0, 0.1) is 11.3 Å². The van der Waals surface area contributed by atoms with E-state index in [0.717, 1.165) is 28.7 Å². The Bertz CT molecular complexity index is 1560. The highest BCUT2D eigenvalue weighted by Crippen LogP contribution is 2.33. The second-order valence-corrected chi connectivity index (χ2v) is 13.6. The maximum atomic E-state index is 13.7. The van der Waals surface area contributed by atoms with Crippen LogP contribution in [0.2, 0.25) is 0 Å². The van der Waals surface area contributed by atoms with Crippen LogP contribution in [0.15, 0.2) is 73.3 Å². The summed E-state index contributed by atoms with van der Waals surface area (Å²) in [5, 5.41) is 18.9. The van der Waals surface area contributed by atoms with E-state index in [1.165, 1.54) is 13.4 Å². The number of benzene rings is 2. The molecule has 2 saturated heterocycles. The number of amides is 3. The van der Waals surface area contributed by atoms with Gasteiger partial charge in [-0.15, -0.1) is 0 Å². The number of fused-ring (bicyclic) bond motifs is 1. The molecule has 268 valence electrons. The van der Waals surface area contributed by atoms with Crippen LogP contribution in [0.4, 0.5) is 9.59 Å². The van der Waals surface area contributed by atoms with Gasteiger partial charge >= 0.3 is 12.2 Å². The van der Waals surface area contributed by atoms with E-state index in [0.29, 0.717) is 6.61 Å². The number of nitrogens with zero attached hydrogens (tertiary/aromatic N) is 3. The third kappa shape index (κ3) is 9.97. The number of rotatable bonds is 13. The number of methoxy groups -OCH3 is 1. The molecule has 50 heavy (non-hydrogen) atoms. The number of nitrogens with one attached hydrogen (secondary N) is 3. The second-order valence-electron chi connectivity index (χ2n) is 13.6. The van der Waals surface area contributed by atoms with Crippen molar-refractivity contribution in [1.82, 2.24) is 31.0 Å². The Labute approximate surface area is 291 Å². The first-order valence-corrected chi connectivity index (χ1v) is 16.7. The average Bonchev–Trinajstić information content (AvgIpc) is 3.72. The van der Waals surface area contributed by atoms with E-state index >= 15 is 0 Å². The Morgan fingerprint density at radius 3 is 2.36 bits per heavy atom. The molecule has 0 aliphatic carbocycles. The van der Waals surface area contributed by atoms with Crippen molar-refractivity contribution in [3.05, 3.63) is 84.4 Å². The minimum atomic E-state index is -1.18. The number of hydrogen-bond donors (Lipinski definition) is 4. The van der Waals surface area contributed by atoms with Gasteiger partial charge in [0.15, 0.2) is 6.29 Å². The predicted molar refractivity (Wildman–Crippen MR) is 182 cm³/mol. The molecule has 3 heterocycles. The summed E-state index contributed by atoms with van der Waals surface area (Å²) in [6, 6.07) is 15.3. The van der Waals surface area contributed by atoms with Crippen molar-refractivity contribution in [1.29, 1.82) is 0 Å². The first kappa shape index (κ1) is 36.6. The van der Waals surface area contributed by atoms with Crippen LogP contribution < -0.4 is 16.1 Å². The van der Waals surface area contributed by atoms with E-state index < -0.39 is 47.8 Å². The molecule has 1 aromatic heterocycles. The van der Waals surface area contributed by atoms with Crippen LogP contribution in [-0.2, 0) is 36.7 Å². The van der Waals surface area contributed by atoms with Crippen molar-refractivity contribution >= 4 is 18.1 Å².